The van der Waals surface area contributed by atoms with Crippen molar-refractivity contribution >= 4 is 17.5 Å². The molecule has 0 N–H and O–H groups in total. The van der Waals surface area contributed by atoms with Gasteiger partial charge in [0.2, 0.25) is 0 Å². The van der Waals surface area contributed by atoms with Gasteiger partial charge in [0.05, 0.1) is 24.5 Å². The van der Waals surface area contributed by atoms with E-state index in [1.54, 1.807) is 6.92 Å². The van der Waals surface area contributed by atoms with Crippen molar-refractivity contribution < 1.29 is 33.3 Å². The number of esters is 1. The van der Waals surface area contributed by atoms with Crippen LogP contribution in [0, 0.1) is 23.7 Å². The summed E-state index contributed by atoms with van der Waals surface area (Å²) in [5.41, 5.74) is 2.39. The number of Topliss-reactive ketones (excluding diaryl/α,β-unsaturated/α-hetero) is 1. The average molecular weight is 756 g/mol. The third-order valence-electron chi connectivity index (χ3n) is 14.0. The topological polar surface area (TPSA) is 99.1 Å². The fraction of sp³-hybridized carbons (Fsp3) is 0.667. The molecule has 6 fully saturated rings. The molecule has 5 aliphatic heterocycles. The molecule has 0 radical (unpaired) electrons. The van der Waals surface area contributed by atoms with Gasteiger partial charge in [-0.05, 0) is 94.2 Å². The first-order valence-electron chi connectivity index (χ1n) is 20.5. The number of rotatable bonds is 9. The molecule has 5 heterocycles. The summed E-state index contributed by atoms with van der Waals surface area (Å²) >= 11 is 0. The highest BCUT2D eigenvalue weighted by molar-refractivity contribution is 6.03. The number of piperazine rings is 1. The van der Waals surface area contributed by atoms with Gasteiger partial charge in [-0.1, -0.05) is 35.5 Å². The van der Waals surface area contributed by atoms with E-state index < -0.39 is 28.4 Å². The van der Waals surface area contributed by atoms with E-state index in [9.17, 15) is 4.79 Å². The Bertz CT molecular complexity index is 1870. The summed E-state index contributed by atoms with van der Waals surface area (Å²) in [4.78, 5) is 38.6. The number of hydrogen-bond donors (Lipinski definition) is 0. The van der Waals surface area contributed by atoms with Gasteiger partial charge in [-0.2, -0.15) is 0 Å². The SMILES string of the molecule is COC(=O)/C(C)=C\CC12OC(C)(C)C3CC(C1=O)C(N1CCN(C)CC1)C1C4=NCOC5C6=C(OC(C)(CCC=C(C)C)C=C6)C(CC=C(C)C)=C(OC132)C45. The molecule has 1 spiro atoms. The minimum Gasteiger partial charge on any atom is -0.486 e. The molecule has 4 bridgehead atoms. The standard InChI is InChI=1S/C45H61N3O7/c1-26(2)12-11-17-43(8)18-16-30-37(53-43)29(14-13-27(3)4)39-33-35(46-25-52-38(30)33)34-36(48-22-20-47(9)21-23-48)31-24-32-42(6,7)55-44(40(31)49,45(32,34)54-39)19-15-28(5)41(50)51-10/h12-13,15-16,18,31-34,36,38H,11,14,17,19-25H2,1-10H3/b28-15-. The number of fused-ring (bicyclic) bond motifs is 1. The summed E-state index contributed by atoms with van der Waals surface area (Å²) in [6.45, 7) is 20.5. The van der Waals surface area contributed by atoms with Gasteiger partial charge >= 0.3 is 5.97 Å². The number of ketones is 1. The van der Waals surface area contributed by atoms with Crippen molar-refractivity contribution in [2.45, 2.75) is 122 Å². The molecular formula is C45H61N3O7. The molecule has 3 saturated carbocycles. The van der Waals surface area contributed by atoms with Crippen molar-refractivity contribution in [1.29, 1.82) is 0 Å². The maximum absolute atomic E-state index is 15.5. The number of likely N-dealkylation sites (N-methyl/N-ethyl adjacent to an activating group) is 1. The summed E-state index contributed by atoms with van der Waals surface area (Å²) in [5, 5.41) is 0. The maximum Gasteiger partial charge on any atom is 0.333 e. The molecule has 9 rings (SSSR count). The van der Waals surface area contributed by atoms with E-state index in [-0.39, 0.29) is 54.8 Å². The number of carbonyl (C=O) groups excluding carboxylic acids is 2. The van der Waals surface area contributed by atoms with Gasteiger partial charge in [0.25, 0.3) is 0 Å². The normalized spacial score (nSPS) is 38.7. The zero-order valence-corrected chi connectivity index (χ0v) is 34.6. The number of aliphatic imine (C=N–C) groups is 1. The summed E-state index contributed by atoms with van der Waals surface area (Å²) in [7, 11) is 3.55. The molecule has 9 unspecified atom stereocenters. The largest absolute Gasteiger partial charge is 0.486 e. The Kier molecular flexibility index (Phi) is 9.58. The van der Waals surface area contributed by atoms with Gasteiger partial charge in [-0.3, -0.25) is 14.7 Å². The van der Waals surface area contributed by atoms with Gasteiger partial charge < -0.3 is 28.6 Å². The van der Waals surface area contributed by atoms with Crippen molar-refractivity contribution in [3.05, 3.63) is 69.8 Å². The number of allylic oxidation sites excluding steroid dienone is 5. The molecule has 298 valence electrons. The first-order valence-corrected chi connectivity index (χ1v) is 20.5. The number of nitrogens with zero attached hydrogens (tertiary/aromatic N) is 3. The van der Waals surface area contributed by atoms with E-state index in [0.717, 1.165) is 67.4 Å². The number of hydrogen-bond acceptors (Lipinski definition) is 10. The molecule has 10 nitrogen and oxygen atoms in total. The van der Waals surface area contributed by atoms with Crippen LogP contribution in [0.25, 0.3) is 0 Å². The number of carbonyl (C=O) groups is 2. The second-order valence-corrected chi connectivity index (χ2v) is 18.5. The average Bonchev–Trinajstić information content (AvgIpc) is 3.29. The van der Waals surface area contributed by atoms with E-state index in [1.807, 2.05) is 6.08 Å². The zero-order chi connectivity index (χ0) is 39.2. The van der Waals surface area contributed by atoms with E-state index in [1.165, 1.54) is 18.3 Å². The summed E-state index contributed by atoms with van der Waals surface area (Å²) in [6.07, 6.45) is 13.7. The third-order valence-corrected chi connectivity index (χ3v) is 14.0. The van der Waals surface area contributed by atoms with E-state index >= 15 is 4.79 Å². The third kappa shape index (κ3) is 5.82. The lowest BCUT2D eigenvalue weighted by Crippen LogP contribution is -2.82. The lowest BCUT2D eigenvalue weighted by atomic mass is 9.43. The van der Waals surface area contributed by atoms with Crippen LogP contribution in [0.3, 0.4) is 0 Å². The highest BCUT2D eigenvalue weighted by Crippen LogP contribution is 2.72. The van der Waals surface area contributed by atoms with Crippen molar-refractivity contribution in [2.24, 2.45) is 28.7 Å². The van der Waals surface area contributed by atoms with Gasteiger partial charge in [0, 0.05) is 72.9 Å². The van der Waals surface area contributed by atoms with Gasteiger partial charge in [0.15, 0.2) is 17.0 Å². The number of ether oxygens (including phenoxy) is 5. The van der Waals surface area contributed by atoms with Crippen LogP contribution in [0.5, 0.6) is 0 Å². The van der Waals surface area contributed by atoms with E-state index in [4.69, 9.17) is 28.7 Å². The molecule has 0 aromatic rings. The predicted molar refractivity (Wildman–Crippen MR) is 211 cm³/mol. The minimum absolute atomic E-state index is 0.0805. The van der Waals surface area contributed by atoms with E-state index in [0.29, 0.717) is 18.4 Å². The summed E-state index contributed by atoms with van der Waals surface area (Å²) in [5.74, 6) is 0.421. The van der Waals surface area contributed by atoms with Crippen LogP contribution in [0.2, 0.25) is 0 Å². The smallest absolute Gasteiger partial charge is 0.333 e. The monoisotopic (exact) mass is 755 g/mol. The molecule has 0 aromatic heterocycles. The lowest BCUT2D eigenvalue weighted by molar-refractivity contribution is -0.235. The highest BCUT2D eigenvalue weighted by atomic mass is 16.6. The van der Waals surface area contributed by atoms with Gasteiger partial charge in [-0.15, -0.1) is 0 Å². The minimum atomic E-state index is -1.34. The van der Waals surface area contributed by atoms with Crippen LogP contribution < -0.4 is 0 Å². The summed E-state index contributed by atoms with van der Waals surface area (Å²) < 4.78 is 34.2. The zero-order valence-electron chi connectivity index (χ0n) is 34.6. The predicted octanol–water partition coefficient (Wildman–Crippen LogP) is 6.65. The quantitative estimate of drug-likeness (QED) is 0.146. The van der Waals surface area contributed by atoms with Crippen LogP contribution >= 0.6 is 0 Å². The first-order chi connectivity index (χ1) is 26.1. The fourth-order valence-corrected chi connectivity index (χ4v) is 11.4. The fourth-order valence-electron chi connectivity index (χ4n) is 11.4. The Hall–Kier alpha value is -3.31. The molecule has 4 aliphatic carbocycles. The van der Waals surface area contributed by atoms with Gasteiger partial charge in [0.1, 0.15) is 30.0 Å². The lowest BCUT2D eigenvalue weighted by Gasteiger charge is -2.67. The molecule has 0 amide bonds. The van der Waals surface area contributed by atoms with Crippen molar-refractivity contribution in [3.63, 3.8) is 0 Å². The molecule has 9 aliphatic rings. The maximum atomic E-state index is 15.5. The highest BCUT2D eigenvalue weighted by Gasteiger charge is 2.86. The number of methoxy groups -OCH3 is 1. The molecule has 0 aromatic carbocycles. The van der Waals surface area contributed by atoms with E-state index in [2.05, 4.69) is 89.6 Å². The Balaban J connectivity index is 1.35. The van der Waals surface area contributed by atoms with Crippen LogP contribution in [-0.2, 0) is 33.3 Å². The molecular weight excluding hydrogens is 695 g/mol. The Morgan fingerprint density at radius 3 is 2.44 bits per heavy atom. The van der Waals surface area contributed by atoms with Crippen LogP contribution in [-0.4, -0.2) is 109 Å². The van der Waals surface area contributed by atoms with Gasteiger partial charge in [-0.25, -0.2) is 4.79 Å². The second kappa shape index (κ2) is 13.7. The van der Waals surface area contributed by atoms with Crippen molar-refractivity contribution in [2.75, 3.05) is 47.1 Å². The molecule has 55 heavy (non-hydrogen) atoms. The first kappa shape index (κ1) is 38.6. The van der Waals surface area contributed by atoms with Crippen LogP contribution in [0.15, 0.2) is 74.8 Å². The molecule has 3 saturated heterocycles. The molecule has 10 heteroatoms. The Labute approximate surface area is 327 Å². The molecule has 9 atom stereocenters. The van der Waals surface area contributed by atoms with Crippen LogP contribution in [0.1, 0.15) is 87.5 Å². The second-order valence-electron chi connectivity index (χ2n) is 18.5. The van der Waals surface area contributed by atoms with Crippen molar-refractivity contribution in [3.8, 4) is 0 Å². The Morgan fingerprint density at radius 2 is 1.75 bits per heavy atom. The summed E-state index contributed by atoms with van der Waals surface area (Å²) in [6, 6.07) is -0.0964. The Morgan fingerprint density at radius 1 is 1.02 bits per heavy atom. The van der Waals surface area contributed by atoms with Crippen LogP contribution in [0.4, 0.5) is 0 Å². The van der Waals surface area contributed by atoms with Crippen molar-refractivity contribution in [1.82, 2.24) is 9.80 Å².